The van der Waals surface area contributed by atoms with Gasteiger partial charge in [0.05, 0.1) is 0 Å². The van der Waals surface area contributed by atoms with Crippen LogP contribution in [0.2, 0.25) is 0 Å². The van der Waals surface area contributed by atoms with Gasteiger partial charge in [0.25, 0.3) is 0 Å². The maximum absolute atomic E-state index is 5.82. The van der Waals surface area contributed by atoms with Crippen LogP contribution in [0, 0.1) is 17.3 Å². The van der Waals surface area contributed by atoms with Gasteiger partial charge < -0.3 is 6.42 Å². The first-order chi connectivity index (χ1) is 16.1. The SMILES string of the molecule is CC(C)Oc1ccccc1[CH]=[Ru]([Cl])[Cl].CC(C)c1cccc(C(C)C)c1C1[CH-]C(C)(C)CC1(C)C. The van der Waals surface area contributed by atoms with E-state index >= 15 is 0 Å². The molecule has 2 aromatic rings. The molecule has 0 aliphatic heterocycles. The van der Waals surface area contributed by atoms with Crippen molar-refractivity contribution in [2.45, 2.75) is 99.5 Å². The molecule has 198 valence electrons. The summed E-state index contributed by atoms with van der Waals surface area (Å²) in [5.41, 5.74) is 6.40. The van der Waals surface area contributed by atoms with Gasteiger partial charge in [-0.3, -0.25) is 0 Å². The second-order valence-electron chi connectivity index (χ2n) is 12.0. The maximum Gasteiger partial charge on any atom is -0.0217 e. The standard InChI is InChI=1S/C21H33.C10H12O.2ClH.Ru/c1-14(2)16-10-9-11-17(15(3)4)19(16)18-12-20(5,6)13-21(18,7)8;1-8(2)11-10-7-5-4-6-9(10)3;;;/h9-12,14-15,18H,13H2,1-8H3;3-8H,1-2H3;2*1H;/q-1;;;;+2/p-2. The number of hydrogen-bond donors (Lipinski definition) is 0. The van der Waals surface area contributed by atoms with Crippen molar-refractivity contribution >= 4 is 24.0 Å². The predicted molar refractivity (Wildman–Crippen MR) is 153 cm³/mol. The van der Waals surface area contributed by atoms with E-state index < -0.39 is 13.5 Å². The van der Waals surface area contributed by atoms with Crippen molar-refractivity contribution in [3.63, 3.8) is 0 Å². The van der Waals surface area contributed by atoms with Gasteiger partial charge in [-0.25, -0.2) is 0 Å². The van der Waals surface area contributed by atoms with Crippen LogP contribution in [0.4, 0.5) is 0 Å². The summed E-state index contributed by atoms with van der Waals surface area (Å²) in [6, 6.07) is 14.7. The zero-order chi connectivity index (χ0) is 26.6. The third-order valence-corrected chi connectivity index (χ3v) is 8.40. The molecule has 1 nitrogen and oxygen atoms in total. The molecule has 1 unspecified atom stereocenters. The number of para-hydroxylation sites is 1. The Bertz CT molecular complexity index is 975. The first-order valence-corrected chi connectivity index (χ1v) is 18.2. The molecular formula is C31H45Cl2ORu-. The first-order valence-electron chi connectivity index (χ1n) is 12.7. The molecule has 1 saturated carbocycles. The second kappa shape index (κ2) is 12.7. The topological polar surface area (TPSA) is 9.23 Å². The molecule has 4 heteroatoms. The Kier molecular flexibility index (Phi) is 11.1. The van der Waals surface area contributed by atoms with Crippen molar-refractivity contribution < 1.29 is 18.3 Å². The van der Waals surface area contributed by atoms with E-state index in [4.69, 9.17) is 24.1 Å². The van der Waals surface area contributed by atoms with Crippen LogP contribution >= 0.6 is 19.4 Å². The van der Waals surface area contributed by atoms with E-state index in [0.29, 0.717) is 28.6 Å². The van der Waals surface area contributed by atoms with Crippen LogP contribution in [0.5, 0.6) is 5.75 Å². The molecule has 3 rings (SSSR count). The van der Waals surface area contributed by atoms with Gasteiger partial charge in [0.15, 0.2) is 0 Å². The summed E-state index contributed by atoms with van der Waals surface area (Å²) >= 11 is -1.77. The molecule has 1 aliphatic rings. The first kappa shape index (κ1) is 30.5. The molecule has 0 spiro atoms. The summed E-state index contributed by atoms with van der Waals surface area (Å²) < 4.78 is 7.51. The van der Waals surface area contributed by atoms with E-state index in [2.05, 4.69) is 80.0 Å². The zero-order valence-corrected chi connectivity index (χ0v) is 26.5. The summed E-state index contributed by atoms with van der Waals surface area (Å²) in [5.74, 6) is 2.60. The van der Waals surface area contributed by atoms with Crippen molar-refractivity contribution in [3.8, 4) is 5.75 Å². The molecular weight excluding hydrogens is 560 g/mol. The molecule has 0 amide bonds. The molecule has 35 heavy (non-hydrogen) atoms. The number of ether oxygens (including phenoxy) is 1. The Labute approximate surface area is 228 Å². The normalized spacial score (nSPS) is 18.9. The quantitative estimate of drug-likeness (QED) is 0.235. The fraction of sp³-hybridized carbons (Fsp3) is 0.548. The summed E-state index contributed by atoms with van der Waals surface area (Å²) in [6.45, 7) is 23.0. The molecule has 1 aliphatic carbocycles. The van der Waals surface area contributed by atoms with Crippen LogP contribution in [0.15, 0.2) is 42.5 Å². The van der Waals surface area contributed by atoms with Crippen molar-refractivity contribution in [2.75, 3.05) is 0 Å². The summed E-state index contributed by atoms with van der Waals surface area (Å²) in [6.07, 6.45) is 4.06. The smallest absolute Gasteiger partial charge is 0.0217 e. The molecule has 0 saturated heterocycles. The Balaban J connectivity index is 0.000000269. The van der Waals surface area contributed by atoms with E-state index in [-0.39, 0.29) is 6.10 Å². The summed E-state index contributed by atoms with van der Waals surface area (Å²) in [7, 11) is 11.6. The van der Waals surface area contributed by atoms with Gasteiger partial charge in [-0.15, -0.1) is 5.92 Å². The van der Waals surface area contributed by atoms with E-state index in [1.165, 1.54) is 6.42 Å². The maximum atomic E-state index is 5.82. The van der Waals surface area contributed by atoms with E-state index in [9.17, 15) is 0 Å². The number of rotatable bonds is 6. The van der Waals surface area contributed by atoms with E-state index in [1.54, 1.807) is 16.7 Å². The van der Waals surface area contributed by atoms with Crippen LogP contribution < -0.4 is 4.74 Å². The van der Waals surface area contributed by atoms with E-state index in [1.807, 2.05) is 42.7 Å². The monoisotopic (exact) mass is 605 g/mol. The number of benzene rings is 2. The van der Waals surface area contributed by atoms with Crippen molar-refractivity contribution in [2.24, 2.45) is 10.8 Å². The minimum absolute atomic E-state index is 0.163. The average molecular weight is 606 g/mol. The molecule has 0 bridgehead atoms. The molecule has 2 aromatic carbocycles. The van der Waals surface area contributed by atoms with Gasteiger partial charge in [-0.05, 0) is 23.0 Å². The van der Waals surface area contributed by atoms with Crippen molar-refractivity contribution in [3.05, 3.63) is 71.1 Å². The van der Waals surface area contributed by atoms with Gasteiger partial charge in [-0.1, -0.05) is 91.0 Å². The van der Waals surface area contributed by atoms with Crippen LogP contribution in [0.1, 0.15) is 116 Å². The van der Waals surface area contributed by atoms with Crippen LogP contribution in [0.3, 0.4) is 0 Å². The second-order valence-corrected chi connectivity index (χ2v) is 17.7. The number of hydrogen-bond acceptors (Lipinski definition) is 1. The molecule has 0 N–H and O–H groups in total. The molecule has 0 aromatic heterocycles. The zero-order valence-electron chi connectivity index (χ0n) is 23.2. The fourth-order valence-corrected chi connectivity index (χ4v) is 7.28. The molecule has 1 fully saturated rings. The predicted octanol–water partition coefficient (Wildman–Crippen LogP) is 10.2. The summed E-state index contributed by atoms with van der Waals surface area (Å²) in [5, 5.41) is 0. The molecule has 0 radical (unpaired) electrons. The minimum atomic E-state index is -1.77. The van der Waals surface area contributed by atoms with Crippen LogP contribution in [-0.4, -0.2) is 10.7 Å². The molecule has 0 heterocycles. The summed E-state index contributed by atoms with van der Waals surface area (Å²) in [4.78, 5) is 0. The fourth-order valence-electron chi connectivity index (χ4n) is 5.47. The molecule has 1 atom stereocenters. The van der Waals surface area contributed by atoms with Gasteiger partial charge in [-0.2, -0.15) is 5.41 Å². The minimum Gasteiger partial charge on any atom is -0.315 e. The van der Waals surface area contributed by atoms with E-state index in [0.717, 1.165) is 11.3 Å². The van der Waals surface area contributed by atoms with Gasteiger partial charge >= 0.3 is 97.8 Å². The van der Waals surface area contributed by atoms with Crippen LogP contribution in [0.25, 0.3) is 0 Å². The van der Waals surface area contributed by atoms with Gasteiger partial charge in [0, 0.05) is 0 Å². The van der Waals surface area contributed by atoms with Gasteiger partial charge in [0.2, 0.25) is 0 Å². The van der Waals surface area contributed by atoms with Crippen molar-refractivity contribution in [1.82, 2.24) is 0 Å². The third kappa shape index (κ3) is 8.69. The van der Waals surface area contributed by atoms with Gasteiger partial charge in [0.1, 0.15) is 0 Å². The van der Waals surface area contributed by atoms with Crippen molar-refractivity contribution in [1.29, 1.82) is 0 Å². The largest absolute Gasteiger partial charge is 0.315 e. The Hall–Kier alpha value is -0.687. The van der Waals surface area contributed by atoms with Crippen LogP contribution in [-0.2, 0) is 13.5 Å². The Morgan fingerprint density at radius 1 is 0.886 bits per heavy atom. The average Bonchev–Trinajstić information content (AvgIpc) is 2.95. The number of halogens is 2. The third-order valence-electron chi connectivity index (χ3n) is 6.57. The Morgan fingerprint density at radius 2 is 1.43 bits per heavy atom. The Morgan fingerprint density at radius 3 is 1.86 bits per heavy atom.